The first-order valence-corrected chi connectivity index (χ1v) is 21.9. The average molecular weight is 756 g/mol. The summed E-state index contributed by atoms with van der Waals surface area (Å²) in [6.45, 7) is 2.16. The Labute approximate surface area is 311 Å². The van der Waals surface area contributed by atoms with Crippen molar-refractivity contribution in [1.29, 1.82) is 0 Å². The number of rotatable bonds is 1. The van der Waals surface area contributed by atoms with Crippen molar-refractivity contribution in [2.45, 2.75) is 113 Å². The van der Waals surface area contributed by atoms with E-state index in [0.717, 1.165) is 44.2 Å². The Bertz CT molecular complexity index is 1710. The molecule has 2 spiro atoms. The molecule has 16 atom stereocenters. The third kappa shape index (κ3) is 4.52. The highest BCUT2D eigenvalue weighted by molar-refractivity contribution is 8.77. The number of piperidine rings is 1. The molecule has 6 unspecified atom stereocenters. The SMILES string of the molecule is CC1=C[C@H]2C(=O)C3CCCC4O[C@@H]5O[C@H](CO)[C@@H](O)[C@](O)(C[C@@]67CCC[C@H]6C6=CCC8=C6C6C(N[C@H]8SSC[C@@]2(C(=O)C43)C(O)=C1)[NH2+]CCC67)[C@H]5O. The minimum absolute atomic E-state index is 0.0121. The zero-order valence-corrected chi connectivity index (χ0v) is 31.1. The molecule has 6 aliphatic carbocycles. The Morgan fingerprint density at radius 2 is 1.92 bits per heavy atom. The van der Waals surface area contributed by atoms with E-state index in [1.54, 1.807) is 27.7 Å². The lowest BCUT2D eigenvalue weighted by Gasteiger charge is -2.60. The number of allylic oxidation sites excluding steroid dienone is 6. The molecule has 11 aliphatic rings. The molecule has 0 radical (unpaired) electrons. The number of nitrogens with one attached hydrogen (secondary N) is 1. The minimum atomic E-state index is -2.07. The van der Waals surface area contributed by atoms with Crippen LogP contribution in [-0.2, 0) is 19.1 Å². The largest absolute Gasteiger partial charge is 0.511 e. The number of hydrogen-bond acceptors (Lipinski definition) is 12. The standard InChI is InChI=1S/C39H50N2O9S2/c1-17-12-23-30(44)19-4-2-6-24-28(19)32(46)38(23,26(43)13-17)16-51-52-35-20-8-7-18-21-5-3-10-37(21,22-9-11-40-34(41-35)29(22)27(18)20)15-39(48)31(45)25(14-42)50-36(49-24)33(39)47/h7,12-13,19,21-25,28-29,31,33-36,40-43,45,47-48H,2-6,8-11,14-16H2,1H3/p+1/t19?,21-,22?,23-,24?,25+,28?,29?,31+,33-,34?,35-,36+,37-,38-,39+/m0/s1. The second-order valence-corrected chi connectivity index (χ2v) is 20.0. The maximum atomic E-state index is 15.1. The maximum Gasteiger partial charge on any atom is 0.187 e. The molecule has 0 amide bonds. The van der Waals surface area contributed by atoms with E-state index in [2.05, 4.69) is 16.7 Å². The van der Waals surface area contributed by atoms with E-state index in [1.165, 1.54) is 16.7 Å². The Hall–Kier alpha value is -1.52. The zero-order chi connectivity index (χ0) is 35.9. The van der Waals surface area contributed by atoms with Crippen LogP contribution in [0.3, 0.4) is 0 Å². The summed E-state index contributed by atoms with van der Waals surface area (Å²) in [5.74, 6) is -1.93. The van der Waals surface area contributed by atoms with Crippen LogP contribution in [0.4, 0.5) is 0 Å². The van der Waals surface area contributed by atoms with Gasteiger partial charge in [-0.15, -0.1) is 0 Å². The molecule has 12 bridgehead atoms. The van der Waals surface area contributed by atoms with Gasteiger partial charge < -0.3 is 40.3 Å². The number of aliphatic hydroxyl groups excluding tert-OH is 4. The first-order valence-electron chi connectivity index (χ1n) is 19.5. The molecule has 52 heavy (non-hydrogen) atoms. The summed E-state index contributed by atoms with van der Waals surface area (Å²) < 4.78 is 12.7. The van der Waals surface area contributed by atoms with Crippen LogP contribution in [0.25, 0.3) is 0 Å². The Morgan fingerprint density at radius 1 is 1.08 bits per heavy atom. The van der Waals surface area contributed by atoms with Crippen molar-refractivity contribution in [3.05, 3.63) is 46.3 Å². The number of fused-ring (bicyclic) bond motifs is 2. The van der Waals surface area contributed by atoms with Gasteiger partial charge in [0.05, 0.1) is 42.4 Å². The number of quaternary nitrogens is 1. The molecule has 282 valence electrons. The zero-order valence-electron chi connectivity index (χ0n) is 29.5. The molecule has 4 saturated carbocycles. The molecule has 7 fully saturated rings. The third-order valence-corrected chi connectivity index (χ3v) is 18.0. The number of ether oxygens (including phenoxy) is 2. The van der Waals surface area contributed by atoms with Crippen molar-refractivity contribution < 1.29 is 49.9 Å². The number of carbonyl (C=O) groups is 2. The van der Waals surface area contributed by atoms with Crippen molar-refractivity contribution >= 4 is 33.2 Å². The van der Waals surface area contributed by atoms with Gasteiger partial charge >= 0.3 is 0 Å². The molecule has 0 aromatic carbocycles. The van der Waals surface area contributed by atoms with E-state index < -0.39 is 66.1 Å². The molecule has 11 nitrogen and oxygen atoms in total. The summed E-state index contributed by atoms with van der Waals surface area (Å²) in [5, 5.41) is 65.6. The van der Waals surface area contributed by atoms with Gasteiger partial charge in [-0.25, -0.2) is 0 Å². The molecule has 11 rings (SSSR count). The highest BCUT2D eigenvalue weighted by Gasteiger charge is 2.69. The third-order valence-electron chi connectivity index (χ3n) is 15.4. The Kier molecular flexibility index (Phi) is 8.22. The van der Waals surface area contributed by atoms with Crippen LogP contribution in [0.2, 0.25) is 0 Å². The van der Waals surface area contributed by atoms with Crippen molar-refractivity contribution in [1.82, 2.24) is 5.32 Å². The lowest BCUT2D eigenvalue weighted by atomic mass is 9.48. The van der Waals surface area contributed by atoms with Crippen LogP contribution in [0, 0.1) is 46.3 Å². The van der Waals surface area contributed by atoms with Crippen LogP contribution in [0.15, 0.2) is 46.3 Å². The van der Waals surface area contributed by atoms with Gasteiger partial charge in [-0.05, 0) is 85.5 Å². The van der Waals surface area contributed by atoms with Crippen molar-refractivity contribution in [3.63, 3.8) is 0 Å². The topological polar surface area (TPSA) is 182 Å². The molecule has 3 saturated heterocycles. The molecule has 8 N–H and O–H groups in total. The molecule has 0 aromatic rings. The fourth-order valence-electron chi connectivity index (χ4n) is 13.3. The summed E-state index contributed by atoms with van der Waals surface area (Å²) in [7, 11) is 3.25. The van der Waals surface area contributed by atoms with Gasteiger partial charge in [0.2, 0.25) is 0 Å². The van der Waals surface area contributed by atoms with Crippen LogP contribution >= 0.6 is 21.6 Å². The fraction of sp³-hybridized carbons (Fsp3) is 0.744. The summed E-state index contributed by atoms with van der Waals surface area (Å²) in [6.07, 6.45) is 5.47. The van der Waals surface area contributed by atoms with Crippen LogP contribution in [0.1, 0.15) is 64.7 Å². The van der Waals surface area contributed by atoms with E-state index in [-0.39, 0.29) is 64.2 Å². The predicted molar refractivity (Wildman–Crippen MR) is 192 cm³/mol. The molecular weight excluding hydrogens is 705 g/mol. The second kappa shape index (κ2) is 12.2. The Balaban J connectivity index is 1.14. The lowest BCUT2D eigenvalue weighted by Crippen LogP contribution is -2.98. The first-order chi connectivity index (χ1) is 25.0. The molecule has 5 heterocycles. The maximum absolute atomic E-state index is 15.1. The number of ketones is 2. The van der Waals surface area contributed by atoms with E-state index >= 15 is 4.79 Å². The quantitative estimate of drug-likeness (QED) is 0.193. The van der Waals surface area contributed by atoms with Gasteiger partial charge in [-0.3, -0.25) is 14.9 Å². The number of carbonyl (C=O) groups excluding carboxylic acids is 2. The summed E-state index contributed by atoms with van der Waals surface area (Å²) >= 11 is 0. The minimum Gasteiger partial charge on any atom is -0.511 e. The Morgan fingerprint density at radius 3 is 2.75 bits per heavy atom. The molecular formula is C39H51N2O9S2+. The second-order valence-electron chi connectivity index (χ2n) is 17.5. The number of hydrogen-bond donors (Lipinski definition) is 7. The normalized spacial score (nSPS) is 52.3. The van der Waals surface area contributed by atoms with E-state index in [9.17, 15) is 30.3 Å². The van der Waals surface area contributed by atoms with Gasteiger partial charge in [0.15, 0.2) is 12.1 Å². The number of Topliss-reactive ketones (excluding diaryl/α,β-unsaturated/α-hetero) is 2. The summed E-state index contributed by atoms with van der Waals surface area (Å²) in [6, 6.07) is 0. The summed E-state index contributed by atoms with van der Waals surface area (Å²) in [5.41, 5.74) is 0.978. The van der Waals surface area contributed by atoms with Gasteiger partial charge in [0, 0.05) is 18.1 Å². The van der Waals surface area contributed by atoms with Gasteiger partial charge in [-0.1, -0.05) is 52.2 Å². The molecule has 5 aliphatic heterocycles. The monoisotopic (exact) mass is 755 g/mol. The van der Waals surface area contributed by atoms with Gasteiger partial charge in [0.25, 0.3) is 0 Å². The van der Waals surface area contributed by atoms with Crippen molar-refractivity contribution in [3.8, 4) is 0 Å². The smallest absolute Gasteiger partial charge is 0.187 e. The van der Waals surface area contributed by atoms with Crippen molar-refractivity contribution in [2.24, 2.45) is 46.3 Å². The summed E-state index contributed by atoms with van der Waals surface area (Å²) in [4.78, 5) is 29.7. The predicted octanol–water partition coefficient (Wildman–Crippen LogP) is 1.78. The average Bonchev–Trinajstić information content (AvgIpc) is 3.77. The molecule has 13 heteroatoms. The van der Waals surface area contributed by atoms with Crippen molar-refractivity contribution in [2.75, 3.05) is 18.9 Å². The van der Waals surface area contributed by atoms with Crippen LogP contribution in [0.5, 0.6) is 0 Å². The highest BCUT2D eigenvalue weighted by Crippen LogP contribution is 2.68. The molecule has 0 aromatic heterocycles. The van der Waals surface area contributed by atoms with Gasteiger partial charge in [-0.2, -0.15) is 0 Å². The van der Waals surface area contributed by atoms with Gasteiger partial charge in [0.1, 0.15) is 47.0 Å². The van der Waals surface area contributed by atoms with Crippen LogP contribution in [-0.4, -0.2) is 104 Å². The number of nitrogens with two attached hydrogens (primary N) is 1. The van der Waals surface area contributed by atoms with Crippen LogP contribution < -0.4 is 10.6 Å². The van der Waals surface area contributed by atoms with E-state index in [0.29, 0.717) is 19.3 Å². The van der Waals surface area contributed by atoms with E-state index in [4.69, 9.17) is 9.47 Å². The highest BCUT2D eigenvalue weighted by atomic mass is 33.1. The first kappa shape index (κ1) is 34.9. The van der Waals surface area contributed by atoms with E-state index in [1.807, 2.05) is 13.0 Å². The number of aliphatic hydroxyl groups is 5. The fourth-order valence-corrected chi connectivity index (χ4v) is 16.4. The lowest BCUT2D eigenvalue weighted by molar-refractivity contribution is -0.713.